The Kier molecular flexibility index (Phi) is 2.97. The van der Waals surface area contributed by atoms with E-state index in [-0.39, 0.29) is 23.0 Å². The average molecular weight is 288 g/mol. The minimum absolute atomic E-state index is 0.0321. The maximum Gasteiger partial charge on any atom is 0.168 e. The molecule has 1 aromatic carbocycles. The second-order valence-corrected chi connectivity index (χ2v) is 5.27. The van der Waals surface area contributed by atoms with Gasteiger partial charge in [-0.1, -0.05) is 0 Å². The van der Waals surface area contributed by atoms with Gasteiger partial charge in [-0.3, -0.25) is 0 Å². The van der Waals surface area contributed by atoms with E-state index in [1.165, 1.54) is 7.11 Å². The summed E-state index contributed by atoms with van der Waals surface area (Å²) >= 11 is 3.32. The molecule has 0 amide bonds. The van der Waals surface area contributed by atoms with Crippen LogP contribution in [-0.4, -0.2) is 13.2 Å². The first-order valence-electron chi connectivity index (χ1n) is 5.30. The van der Waals surface area contributed by atoms with Crippen molar-refractivity contribution in [1.29, 1.82) is 0 Å². The molecule has 1 saturated carbocycles. The molecular formula is C12H15BrFNO. The van der Waals surface area contributed by atoms with Crippen molar-refractivity contribution >= 4 is 15.9 Å². The number of halogens is 2. The molecule has 2 rings (SSSR count). The third-order valence-corrected chi connectivity index (χ3v) is 4.03. The summed E-state index contributed by atoms with van der Waals surface area (Å²) in [4.78, 5) is 0. The van der Waals surface area contributed by atoms with E-state index in [1.54, 1.807) is 6.07 Å². The van der Waals surface area contributed by atoms with Crippen LogP contribution in [0.1, 0.15) is 25.3 Å². The molecule has 1 aliphatic rings. The van der Waals surface area contributed by atoms with Gasteiger partial charge in [-0.25, -0.2) is 4.39 Å². The fourth-order valence-electron chi connectivity index (χ4n) is 2.18. The van der Waals surface area contributed by atoms with Crippen LogP contribution in [0.2, 0.25) is 0 Å². The molecule has 0 radical (unpaired) electrons. The van der Waals surface area contributed by atoms with Gasteiger partial charge in [0.1, 0.15) is 0 Å². The van der Waals surface area contributed by atoms with Crippen LogP contribution in [0.5, 0.6) is 5.75 Å². The van der Waals surface area contributed by atoms with E-state index in [2.05, 4.69) is 15.9 Å². The third kappa shape index (κ3) is 1.74. The molecule has 0 saturated heterocycles. The summed E-state index contributed by atoms with van der Waals surface area (Å²) in [5, 5.41) is 0. The fourth-order valence-corrected chi connectivity index (χ4v) is 2.78. The molecule has 1 atom stereocenters. The molecule has 0 bridgehead atoms. The SMILES string of the molecule is COc1c(F)cc(C2(C(C)N)CC2)cc1Br. The Morgan fingerprint density at radius 3 is 2.50 bits per heavy atom. The Morgan fingerprint density at radius 1 is 1.50 bits per heavy atom. The van der Waals surface area contributed by atoms with Gasteiger partial charge >= 0.3 is 0 Å². The fraction of sp³-hybridized carbons (Fsp3) is 0.500. The Labute approximate surface area is 103 Å². The quantitative estimate of drug-likeness (QED) is 0.928. The average Bonchev–Trinajstić information content (AvgIpc) is 2.97. The van der Waals surface area contributed by atoms with E-state index in [4.69, 9.17) is 10.5 Å². The Bertz CT molecular complexity index is 392. The van der Waals surface area contributed by atoms with Gasteiger partial charge in [0.25, 0.3) is 0 Å². The molecule has 4 heteroatoms. The van der Waals surface area contributed by atoms with Gasteiger partial charge in [0.05, 0.1) is 11.6 Å². The van der Waals surface area contributed by atoms with Crippen molar-refractivity contribution in [3.63, 3.8) is 0 Å². The monoisotopic (exact) mass is 287 g/mol. The summed E-state index contributed by atoms with van der Waals surface area (Å²) in [6.07, 6.45) is 2.06. The topological polar surface area (TPSA) is 35.2 Å². The standard InChI is InChI=1S/C12H15BrFNO/c1-7(15)12(3-4-12)8-5-9(13)11(16-2)10(14)6-8/h5-7H,3-4,15H2,1-2H3. The molecule has 1 aromatic rings. The highest BCUT2D eigenvalue weighted by molar-refractivity contribution is 9.10. The molecule has 0 heterocycles. The summed E-state index contributed by atoms with van der Waals surface area (Å²) in [6, 6.07) is 3.50. The van der Waals surface area contributed by atoms with Crippen LogP contribution in [0.4, 0.5) is 4.39 Å². The summed E-state index contributed by atoms with van der Waals surface area (Å²) in [6.45, 7) is 1.98. The van der Waals surface area contributed by atoms with Gasteiger partial charge < -0.3 is 10.5 Å². The molecule has 2 nitrogen and oxygen atoms in total. The van der Waals surface area contributed by atoms with Crippen LogP contribution in [0.15, 0.2) is 16.6 Å². The maximum absolute atomic E-state index is 13.7. The lowest BCUT2D eigenvalue weighted by Crippen LogP contribution is -2.31. The summed E-state index contributed by atoms with van der Waals surface area (Å²) in [5.74, 6) is -0.0805. The number of rotatable bonds is 3. The van der Waals surface area contributed by atoms with Crippen molar-refractivity contribution in [2.45, 2.75) is 31.2 Å². The first kappa shape index (κ1) is 11.9. The minimum Gasteiger partial charge on any atom is -0.492 e. The second kappa shape index (κ2) is 4.00. The first-order valence-corrected chi connectivity index (χ1v) is 6.09. The Morgan fingerprint density at radius 2 is 2.12 bits per heavy atom. The molecule has 2 N–H and O–H groups in total. The Balaban J connectivity index is 2.45. The third-order valence-electron chi connectivity index (χ3n) is 3.44. The summed E-state index contributed by atoms with van der Waals surface area (Å²) in [7, 11) is 1.46. The highest BCUT2D eigenvalue weighted by Crippen LogP contribution is 2.51. The van der Waals surface area contributed by atoms with Crippen molar-refractivity contribution in [3.05, 3.63) is 28.0 Å². The van der Waals surface area contributed by atoms with Crippen LogP contribution >= 0.6 is 15.9 Å². The number of methoxy groups -OCH3 is 1. The van der Waals surface area contributed by atoms with Gasteiger partial charge in [-0.15, -0.1) is 0 Å². The minimum atomic E-state index is -0.334. The molecule has 1 aliphatic carbocycles. The zero-order valence-corrected chi connectivity index (χ0v) is 11.0. The van der Waals surface area contributed by atoms with Gasteiger partial charge in [0, 0.05) is 11.5 Å². The largest absolute Gasteiger partial charge is 0.492 e. The first-order chi connectivity index (χ1) is 7.51. The van der Waals surface area contributed by atoms with E-state index >= 15 is 0 Å². The van der Waals surface area contributed by atoms with Crippen molar-refractivity contribution in [1.82, 2.24) is 0 Å². The van der Waals surface area contributed by atoms with Crippen LogP contribution in [0.3, 0.4) is 0 Å². The summed E-state index contributed by atoms with van der Waals surface area (Å²) in [5.41, 5.74) is 6.90. The highest BCUT2D eigenvalue weighted by atomic mass is 79.9. The number of benzene rings is 1. The van der Waals surface area contributed by atoms with Gasteiger partial charge in [0.15, 0.2) is 11.6 Å². The molecule has 1 fully saturated rings. The number of hydrogen-bond acceptors (Lipinski definition) is 2. The lowest BCUT2D eigenvalue weighted by Gasteiger charge is -2.21. The predicted octanol–water partition coefficient (Wildman–Crippen LogP) is 2.98. The van der Waals surface area contributed by atoms with E-state index in [1.807, 2.05) is 13.0 Å². The second-order valence-electron chi connectivity index (χ2n) is 4.42. The maximum atomic E-state index is 13.7. The van der Waals surface area contributed by atoms with E-state index in [0.717, 1.165) is 18.4 Å². The van der Waals surface area contributed by atoms with Crippen LogP contribution < -0.4 is 10.5 Å². The number of ether oxygens (including phenoxy) is 1. The molecule has 0 spiro atoms. The smallest absolute Gasteiger partial charge is 0.168 e. The van der Waals surface area contributed by atoms with Crippen LogP contribution in [-0.2, 0) is 5.41 Å². The molecule has 0 aromatic heterocycles. The lowest BCUT2D eigenvalue weighted by atomic mass is 9.89. The molecule has 16 heavy (non-hydrogen) atoms. The van der Waals surface area contributed by atoms with Crippen molar-refractivity contribution in [2.24, 2.45) is 5.73 Å². The normalized spacial score (nSPS) is 19.3. The predicted molar refractivity (Wildman–Crippen MR) is 65.2 cm³/mol. The number of hydrogen-bond donors (Lipinski definition) is 1. The Hall–Kier alpha value is -0.610. The zero-order valence-electron chi connectivity index (χ0n) is 9.39. The van der Waals surface area contributed by atoms with Crippen LogP contribution in [0.25, 0.3) is 0 Å². The van der Waals surface area contributed by atoms with E-state index in [9.17, 15) is 4.39 Å². The molecule has 0 aliphatic heterocycles. The van der Waals surface area contributed by atoms with E-state index in [0.29, 0.717) is 4.47 Å². The van der Waals surface area contributed by atoms with Gasteiger partial charge in [0.2, 0.25) is 0 Å². The van der Waals surface area contributed by atoms with E-state index < -0.39 is 0 Å². The summed E-state index contributed by atoms with van der Waals surface area (Å²) < 4.78 is 19.4. The molecule has 88 valence electrons. The van der Waals surface area contributed by atoms with Crippen molar-refractivity contribution in [3.8, 4) is 5.75 Å². The van der Waals surface area contributed by atoms with Crippen molar-refractivity contribution < 1.29 is 9.13 Å². The van der Waals surface area contributed by atoms with Gasteiger partial charge in [-0.05, 0) is 53.4 Å². The van der Waals surface area contributed by atoms with Gasteiger partial charge in [-0.2, -0.15) is 0 Å². The highest BCUT2D eigenvalue weighted by Gasteiger charge is 2.47. The van der Waals surface area contributed by atoms with Crippen molar-refractivity contribution in [2.75, 3.05) is 7.11 Å². The van der Waals surface area contributed by atoms with Crippen LogP contribution in [0, 0.1) is 5.82 Å². The zero-order chi connectivity index (χ0) is 11.9. The molecular weight excluding hydrogens is 273 g/mol. The lowest BCUT2D eigenvalue weighted by molar-refractivity contribution is 0.382. The molecule has 1 unspecified atom stereocenters. The number of nitrogens with two attached hydrogens (primary N) is 1.